The first-order valence-corrected chi connectivity index (χ1v) is 6.34. The van der Waals surface area contributed by atoms with Gasteiger partial charge >= 0.3 is 6.03 Å². The molecule has 2 N–H and O–H groups in total. The van der Waals surface area contributed by atoms with Gasteiger partial charge in [0.2, 0.25) is 0 Å². The zero-order valence-corrected chi connectivity index (χ0v) is 11.8. The Morgan fingerprint density at radius 2 is 2.10 bits per heavy atom. The monoisotopic (exact) mass is 278 g/mol. The van der Waals surface area contributed by atoms with Gasteiger partial charge in [-0.3, -0.25) is 9.69 Å². The minimum absolute atomic E-state index is 0.00457. The first-order valence-electron chi connectivity index (χ1n) is 6.34. The lowest BCUT2D eigenvalue weighted by molar-refractivity contribution is -0.131. The highest BCUT2D eigenvalue weighted by Crippen LogP contribution is 2.31. The Morgan fingerprint density at radius 1 is 1.40 bits per heavy atom. The van der Waals surface area contributed by atoms with Gasteiger partial charge in [0.1, 0.15) is 11.3 Å². The van der Waals surface area contributed by atoms with Crippen LogP contribution in [0.1, 0.15) is 18.1 Å². The zero-order chi connectivity index (χ0) is 14.9. The van der Waals surface area contributed by atoms with Gasteiger partial charge in [-0.1, -0.05) is 6.07 Å². The van der Waals surface area contributed by atoms with E-state index < -0.39 is 11.6 Å². The van der Waals surface area contributed by atoms with E-state index in [0.29, 0.717) is 5.56 Å². The third kappa shape index (κ3) is 2.12. The van der Waals surface area contributed by atoms with Crippen LogP contribution in [0.2, 0.25) is 0 Å². The number of methoxy groups -OCH3 is 1. The van der Waals surface area contributed by atoms with E-state index in [9.17, 15) is 9.59 Å². The van der Waals surface area contributed by atoms with Crippen LogP contribution < -0.4 is 10.1 Å². The number of carbonyl (C=O) groups excluding carboxylic acids is 2. The fourth-order valence-corrected chi connectivity index (χ4v) is 2.39. The number of aliphatic hydroxyl groups is 1. The number of imide groups is 1. The molecule has 2 rings (SSSR count). The number of hydrogen-bond donors (Lipinski definition) is 2. The van der Waals surface area contributed by atoms with E-state index in [1.54, 1.807) is 26.2 Å². The second-order valence-corrected chi connectivity index (χ2v) is 4.92. The van der Waals surface area contributed by atoms with E-state index in [-0.39, 0.29) is 19.1 Å². The van der Waals surface area contributed by atoms with E-state index in [0.717, 1.165) is 16.2 Å². The average molecular weight is 278 g/mol. The number of nitrogens with one attached hydrogen (secondary N) is 1. The normalized spacial score (nSPS) is 22.1. The molecule has 1 saturated heterocycles. The van der Waals surface area contributed by atoms with Crippen LogP contribution >= 0.6 is 0 Å². The zero-order valence-electron chi connectivity index (χ0n) is 11.8. The number of aliphatic hydroxyl groups excluding tert-OH is 1. The molecule has 6 heteroatoms. The summed E-state index contributed by atoms with van der Waals surface area (Å²) in [6, 6.07) is 4.86. The van der Waals surface area contributed by atoms with Gasteiger partial charge in [-0.15, -0.1) is 0 Å². The molecule has 1 aromatic rings. The number of aryl methyl sites for hydroxylation is 1. The molecule has 20 heavy (non-hydrogen) atoms. The number of carbonyl (C=O) groups is 2. The number of benzene rings is 1. The van der Waals surface area contributed by atoms with E-state index in [1.165, 1.54) is 0 Å². The predicted molar refractivity (Wildman–Crippen MR) is 72.4 cm³/mol. The highest BCUT2D eigenvalue weighted by molar-refractivity contribution is 6.07. The molecule has 0 saturated carbocycles. The third-order valence-corrected chi connectivity index (χ3v) is 3.57. The van der Waals surface area contributed by atoms with Crippen molar-refractivity contribution in [2.24, 2.45) is 0 Å². The van der Waals surface area contributed by atoms with E-state index >= 15 is 0 Å². The maximum Gasteiger partial charge on any atom is 0.325 e. The molecule has 1 heterocycles. The molecular formula is C14H18N2O4. The molecule has 108 valence electrons. The quantitative estimate of drug-likeness (QED) is 0.797. The molecule has 1 aromatic carbocycles. The molecular weight excluding hydrogens is 260 g/mol. The number of amides is 3. The van der Waals surface area contributed by atoms with Gasteiger partial charge < -0.3 is 15.2 Å². The van der Waals surface area contributed by atoms with Crippen molar-refractivity contribution in [1.29, 1.82) is 0 Å². The van der Waals surface area contributed by atoms with Crippen molar-refractivity contribution < 1.29 is 19.4 Å². The first-order chi connectivity index (χ1) is 9.43. The second kappa shape index (κ2) is 5.13. The van der Waals surface area contributed by atoms with Crippen LogP contribution in [0.15, 0.2) is 18.2 Å². The Bertz CT molecular complexity index is 558. The summed E-state index contributed by atoms with van der Waals surface area (Å²) in [5.41, 5.74) is 0.465. The largest absolute Gasteiger partial charge is 0.496 e. The number of nitrogens with zero attached hydrogens (tertiary/aromatic N) is 1. The number of β-amino-alcohol motifs (C(OH)–C–C–N with tert-alkyl or cyclic N) is 1. The number of rotatable bonds is 4. The van der Waals surface area contributed by atoms with Crippen molar-refractivity contribution in [3.05, 3.63) is 29.3 Å². The highest BCUT2D eigenvalue weighted by atomic mass is 16.5. The van der Waals surface area contributed by atoms with E-state index in [4.69, 9.17) is 9.84 Å². The van der Waals surface area contributed by atoms with Gasteiger partial charge in [0.25, 0.3) is 5.91 Å². The van der Waals surface area contributed by atoms with Gasteiger partial charge in [0.15, 0.2) is 0 Å². The summed E-state index contributed by atoms with van der Waals surface area (Å²) >= 11 is 0. The van der Waals surface area contributed by atoms with Gasteiger partial charge in [0.05, 0.1) is 20.3 Å². The molecule has 1 fully saturated rings. The van der Waals surface area contributed by atoms with Crippen molar-refractivity contribution in [1.82, 2.24) is 10.2 Å². The van der Waals surface area contributed by atoms with E-state index in [1.807, 2.05) is 13.0 Å². The summed E-state index contributed by atoms with van der Waals surface area (Å²) in [5, 5.41) is 11.6. The van der Waals surface area contributed by atoms with Crippen LogP contribution in [0.5, 0.6) is 5.75 Å². The van der Waals surface area contributed by atoms with Gasteiger partial charge in [-0.2, -0.15) is 0 Å². The molecule has 0 aromatic heterocycles. The van der Waals surface area contributed by atoms with Crippen molar-refractivity contribution in [3.63, 3.8) is 0 Å². The third-order valence-electron chi connectivity index (χ3n) is 3.57. The summed E-state index contributed by atoms with van der Waals surface area (Å²) in [6.07, 6.45) is 0. The van der Waals surface area contributed by atoms with Gasteiger partial charge in [-0.25, -0.2) is 4.79 Å². The van der Waals surface area contributed by atoms with Crippen LogP contribution in [0.3, 0.4) is 0 Å². The fourth-order valence-electron chi connectivity index (χ4n) is 2.39. The van der Waals surface area contributed by atoms with Gasteiger partial charge in [-0.05, 0) is 37.1 Å². The maximum atomic E-state index is 12.4. The Balaban J connectivity index is 2.39. The molecule has 0 spiro atoms. The molecule has 1 aliphatic heterocycles. The second-order valence-electron chi connectivity index (χ2n) is 4.92. The van der Waals surface area contributed by atoms with Crippen LogP contribution in [0, 0.1) is 6.92 Å². The lowest BCUT2D eigenvalue weighted by atomic mass is 9.90. The van der Waals surface area contributed by atoms with Crippen molar-refractivity contribution in [2.45, 2.75) is 19.4 Å². The Hall–Kier alpha value is -2.08. The minimum Gasteiger partial charge on any atom is -0.496 e. The SMILES string of the molecule is COc1ccc(C2(C)NC(=O)N(CCO)C2=O)cc1C. The molecule has 0 aliphatic carbocycles. The lowest BCUT2D eigenvalue weighted by Crippen LogP contribution is -2.41. The summed E-state index contributed by atoms with van der Waals surface area (Å²) in [6.45, 7) is 3.27. The Kier molecular flexibility index (Phi) is 3.67. The number of ether oxygens (including phenoxy) is 1. The minimum atomic E-state index is -1.11. The molecule has 3 amide bonds. The molecule has 1 atom stereocenters. The molecule has 1 unspecified atom stereocenters. The summed E-state index contributed by atoms with van der Waals surface area (Å²) in [7, 11) is 1.58. The average Bonchev–Trinajstić information content (AvgIpc) is 2.64. The van der Waals surface area contributed by atoms with E-state index in [2.05, 4.69) is 5.32 Å². The summed E-state index contributed by atoms with van der Waals surface area (Å²) < 4.78 is 5.19. The van der Waals surface area contributed by atoms with Crippen LogP contribution in [0.25, 0.3) is 0 Å². The molecule has 6 nitrogen and oxygen atoms in total. The molecule has 1 aliphatic rings. The Labute approximate surface area is 117 Å². The van der Waals surface area contributed by atoms with Crippen molar-refractivity contribution in [2.75, 3.05) is 20.3 Å². The van der Waals surface area contributed by atoms with Crippen LogP contribution in [0.4, 0.5) is 4.79 Å². The smallest absolute Gasteiger partial charge is 0.325 e. The summed E-state index contributed by atoms with van der Waals surface area (Å²) in [4.78, 5) is 25.3. The molecule has 0 radical (unpaired) electrons. The Morgan fingerprint density at radius 3 is 2.65 bits per heavy atom. The number of hydrogen-bond acceptors (Lipinski definition) is 4. The topological polar surface area (TPSA) is 78.9 Å². The maximum absolute atomic E-state index is 12.4. The van der Waals surface area contributed by atoms with Gasteiger partial charge in [0, 0.05) is 0 Å². The summed E-state index contributed by atoms with van der Waals surface area (Å²) in [5.74, 6) is 0.363. The standard InChI is InChI=1S/C14H18N2O4/c1-9-8-10(4-5-11(9)20-3)14(2)12(18)16(6-7-17)13(19)15-14/h4-5,8,17H,6-7H2,1-3H3,(H,15,19). The first kappa shape index (κ1) is 14.3. The predicted octanol–water partition coefficient (Wildman–Crippen LogP) is 0.763. The van der Waals surface area contributed by atoms with Crippen LogP contribution in [-0.2, 0) is 10.3 Å². The van der Waals surface area contributed by atoms with Crippen LogP contribution in [-0.4, -0.2) is 42.2 Å². The lowest BCUT2D eigenvalue weighted by Gasteiger charge is -2.23. The highest BCUT2D eigenvalue weighted by Gasteiger charge is 2.48. The van der Waals surface area contributed by atoms with Crippen molar-refractivity contribution in [3.8, 4) is 5.75 Å². The number of urea groups is 1. The molecule has 0 bridgehead atoms. The fraction of sp³-hybridized carbons (Fsp3) is 0.429. The van der Waals surface area contributed by atoms with Crippen molar-refractivity contribution >= 4 is 11.9 Å².